The Morgan fingerprint density at radius 1 is 1.22 bits per heavy atom. The molecule has 2 aromatic rings. The summed E-state index contributed by atoms with van der Waals surface area (Å²) < 4.78 is 26.6. The predicted octanol–water partition coefficient (Wildman–Crippen LogP) is 4.47. The maximum Gasteiger partial charge on any atom is 0.159 e. The van der Waals surface area contributed by atoms with Crippen LogP contribution in [0, 0.1) is 11.6 Å². The summed E-state index contributed by atoms with van der Waals surface area (Å²) >= 11 is 8.71. The molecular weight excluding hydrogens is 296 g/mol. The van der Waals surface area contributed by atoms with Gasteiger partial charge in [-0.1, -0.05) is 11.6 Å². The molecule has 0 spiro atoms. The van der Waals surface area contributed by atoms with Crippen molar-refractivity contribution in [2.45, 2.75) is 10.1 Å². The second kappa shape index (κ2) is 6.02. The van der Waals surface area contributed by atoms with E-state index in [4.69, 9.17) is 17.3 Å². The Hall–Kier alpha value is -0.620. The molecule has 0 aliphatic carbocycles. The molecule has 2 rings (SSSR count). The first-order chi connectivity index (χ1) is 8.60. The normalized spacial score (nSPS) is 12.7. The van der Waals surface area contributed by atoms with Gasteiger partial charge in [-0.3, -0.25) is 0 Å². The number of hydrogen-bond acceptors (Lipinski definition) is 3. The van der Waals surface area contributed by atoms with Crippen molar-refractivity contribution in [3.63, 3.8) is 0 Å². The highest BCUT2D eigenvalue weighted by Crippen LogP contribution is 2.39. The zero-order chi connectivity index (χ0) is 13.1. The molecule has 1 nitrogen and oxygen atoms in total. The van der Waals surface area contributed by atoms with Gasteiger partial charge in [-0.2, -0.15) is 0 Å². The van der Waals surface area contributed by atoms with E-state index in [1.165, 1.54) is 29.2 Å². The lowest BCUT2D eigenvalue weighted by molar-refractivity contribution is 0.506. The Kier molecular flexibility index (Phi) is 4.61. The first kappa shape index (κ1) is 13.8. The smallest absolute Gasteiger partial charge is 0.159 e. The number of thiophene rings is 1. The van der Waals surface area contributed by atoms with Crippen molar-refractivity contribution in [2.24, 2.45) is 5.73 Å². The molecule has 0 fully saturated rings. The first-order valence-corrected chi connectivity index (χ1v) is 7.24. The Bertz CT molecular complexity index is 545. The molecule has 1 unspecified atom stereocenters. The molecule has 0 bridgehead atoms. The minimum Gasteiger partial charge on any atom is -0.329 e. The molecule has 0 saturated heterocycles. The van der Waals surface area contributed by atoms with Crippen molar-refractivity contribution in [3.05, 3.63) is 51.2 Å². The van der Waals surface area contributed by atoms with E-state index in [9.17, 15) is 8.78 Å². The molecule has 6 heteroatoms. The summed E-state index contributed by atoms with van der Waals surface area (Å²) in [6, 6.07) is 7.54. The topological polar surface area (TPSA) is 26.0 Å². The fourth-order valence-electron chi connectivity index (χ4n) is 1.44. The van der Waals surface area contributed by atoms with Gasteiger partial charge in [0.2, 0.25) is 0 Å². The summed E-state index contributed by atoms with van der Waals surface area (Å²) in [6.07, 6.45) is 0. The van der Waals surface area contributed by atoms with Crippen LogP contribution in [0.3, 0.4) is 0 Å². The lowest BCUT2D eigenvalue weighted by Gasteiger charge is -2.12. The summed E-state index contributed by atoms with van der Waals surface area (Å²) in [7, 11) is 0. The van der Waals surface area contributed by atoms with E-state index in [2.05, 4.69) is 0 Å². The third-order valence-electron chi connectivity index (χ3n) is 2.29. The molecule has 1 aromatic carbocycles. The fourth-order valence-corrected chi connectivity index (χ4v) is 3.72. The largest absolute Gasteiger partial charge is 0.329 e. The van der Waals surface area contributed by atoms with Gasteiger partial charge in [0.05, 0.1) is 9.59 Å². The first-order valence-electron chi connectivity index (χ1n) is 5.17. The average Bonchev–Trinajstić information content (AvgIpc) is 2.77. The second-order valence-electron chi connectivity index (χ2n) is 3.56. The molecule has 1 heterocycles. The number of rotatable bonds is 4. The van der Waals surface area contributed by atoms with Crippen molar-refractivity contribution >= 4 is 34.7 Å². The highest BCUT2D eigenvalue weighted by Gasteiger charge is 2.14. The molecule has 18 heavy (non-hydrogen) atoms. The van der Waals surface area contributed by atoms with Gasteiger partial charge >= 0.3 is 0 Å². The molecule has 0 saturated carbocycles. The van der Waals surface area contributed by atoms with E-state index < -0.39 is 11.6 Å². The van der Waals surface area contributed by atoms with Crippen LogP contribution >= 0.6 is 34.7 Å². The monoisotopic (exact) mass is 305 g/mol. The van der Waals surface area contributed by atoms with Crippen LogP contribution in [-0.4, -0.2) is 6.54 Å². The molecular formula is C12H10ClF2NS2. The van der Waals surface area contributed by atoms with Crippen LogP contribution in [-0.2, 0) is 0 Å². The Balaban J connectivity index is 2.17. The summed E-state index contributed by atoms with van der Waals surface area (Å²) in [4.78, 5) is 1.67. The van der Waals surface area contributed by atoms with Gasteiger partial charge in [0, 0.05) is 16.3 Å². The van der Waals surface area contributed by atoms with Crippen molar-refractivity contribution in [1.29, 1.82) is 0 Å². The summed E-state index contributed by atoms with van der Waals surface area (Å²) in [5.74, 6) is -1.69. The highest BCUT2D eigenvalue weighted by atomic mass is 35.5. The van der Waals surface area contributed by atoms with Gasteiger partial charge in [-0.05, 0) is 30.3 Å². The van der Waals surface area contributed by atoms with Gasteiger partial charge < -0.3 is 5.73 Å². The Morgan fingerprint density at radius 3 is 2.56 bits per heavy atom. The molecule has 0 aliphatic heterocycles. The van der Waals surface area contributed by atoms with Gasteiger partial charge in [0.1, 0.15) is 0 Å². The van der Waals surface area contributed by atoms with Gasteiger partial charge in [0.25, 0.3) is 0 Å². The SMILES string of the molecule is NCC(Sc1ccc(F)c(F)c1)c1ccc(Cl)s1. The van der Waals surface area contributed by atoms with E-state index >= 15 is 0 Å². The summed E-state index contributed by atoms with van der Waals surface area (Å²) in [6.45, 7) is 0.403. The zero-order valence-corrected chi connectivity index (χ0v) is 11.6. The Labute approximate surface area is 117 Å². The third-order valence-corrected chi connectivity index (χ3v) is 5.05. The van der Waals surface area contributed by atoms with Crippen LogP contribution in [0.5, 0.6) is 0 Å². The number of benzene rings is 1. The third kappa shape index (κ3) is 3.23. The predicted molar refractivity (Wildman–Crippen MR) is 73.3 cm³/mol. The number of hydrogen-bond donors (Lipinski definition) is 1. The maximum atomic E-state index is 13.1. The second-order valence-corrected chi connectivity index (χ2v) is 6.58. The van der Waals surface area contributed by atoms with Crippen LogP contribution in [0.25, 0.3) is 0 Å². The molecule has 1 aromatic heterocycles. The van der Waals surface area contributed by atoms with Gasteiger partial charge in [-0.15, -0.1) is 23.1 Å². The van der Waals surface area contributed by atoms with Gasteiger partial charge in [-0.25, -0.2) is 8.78 Å². The van der Waals surface area contributed by atoms with Crippen LogP contribution in [0.15, 0.2) is 35.2 Å². The summed E-state index contributed by atoms with van der Waals surface area (Å²) in [5.41, 5.74) is 5.70. The number of nitrogens with two attached hydrogens (primary N) is 1. The lowest BCUT2D eigenvalue weighted by Crippen LogP contribution is -2.07. The van der Waals surface area contributed by atoms with E-state index in [0.29, 0.717) is 15.8 Å². The van der Waals surface area contributed by atoms with Crippen molar-refractivity contribution in [3.8, 4) is 0 Å². The molecule has 0 amide bonds. The Morgan fingerprint density at radius 2 is 2.00 bits per heavy atom. The van der Waals surface area contributed by atoms with E-state index in [1.54, 1.807) is 12.1 Å². The van der Waals surface area contributed by atoms with E-state index in [1.807, 2.05) is 6.07 Å². The lowest BCUT2D eigenvalue weighted by atomic mass is 10.3. The van der Waals surface area contributed by atoms with Crippen molar-refractivity contribution < 1.29 is 8.78 Å². The van der Waals surface area contributed by atoms with Gasteiger partial charge in [0.15, 0.2) is 11.6 Å². The quantitative estimate of drug-likeness (QED) is 0.843. The minimum absolute atomic E-state index is 0.00707. The molecule has 2 N–H and O–H groups in total. The maximum absolute atomic E-state index is 13.1. The standard InChI is InChI=1S/C12H10ClF2NS2/c13-12-4-3-10(18-12)11(6-16)17-7-1-2-8(14)9(15)5-7/h1-5,11H,6,16H2. The van der Waals surface area contributed by atoms with Crippen molar-refractivity contribution in [2.75, 3.05) is 6.54 Å². The fraction of sp³-hybridized carbons (Fsp3) is 0.167. The van der Waals surface area contributed by atoms with E-state index in [-0.39, 0.29) is 5.25 Å². The van der Waals surface area contributed by atoms with Crippen LogP contribution < -0.4 is 5.73 Å². The highest BCUT2D eigenvalue weighted by molar-refractivity contribution is 7.99. The number of halogens is 3. The molecule has 0 radical (unpaired) electrons. The van der Waals surface area contributed by atoms with Crippen LogP contribution in [0.2, 0.25) is 4.34 Å². The zero-order valence-electron chi connectivity index (χ0n) is 9.20. The van der Waals surface area contributed by atoms with Crippen molar-refractivity contribution in [1.82, 2.24) is 0 Å². The minimum atomic E-state index is -0.847. The van der Waals surface area contributed by atoms with Crippen LogP contribution in [0.1, 0.15) is 10.1 Å². The molecule has 1 atom stereocenters. The molecule has 0 aliphatic rings. The van der Waals surface area contributed by atoms with Crippen LogP contribution in [0.4, 0.5) is 8.78 Å². The average molecular weight is 306 g/mol. The summed E-state index contributed by atoms with van der Waals surface area (Å²) in [5, 5.41) is -0.00707. The number of thioether (sulfide) groups is 1. The van der Waals surface area contributed by atoms with E-state index in [0.717, 1.165) is 10.9 Å². The molecule has 96 valence electrons.